The number of hydrogen-bond acceptors (Lipinski definition) is 3. The summed E-state index contributed by atoms with van der Waals surface area (Å²) in [6.45, 7) is 0.313. The van der Waals surface area contributed by atoms with Gasteiger partial charge in [0.05, 0.1) is 17.1 Å². The van der Waals surface area contributed by atoms with Crippen molar-refractivity contribution in [2.45, 2.75) is 6.54 Å². The van der Waals surface area contributed by atoms with Crippen LogP contribution in [0.3, 0.4) is 0 Å². The second kappa shape index (κ2) is 6.52. The largest absolute Gasteiger partial charge is 0.359 e. The lowest BCUT2D eigenvalue weighted by molar-refractivity contribution is 0.0949. The highest BCUT2D eigenvalue weighted by Crippen LogP contribution is 2.13. The number of aromatic amines is 1. The lowest BCUT2D eigenvalue weighted by Crippen LogP contribution is -2.28. The van der Waals surface area contributed by atoms with E-state index in [1.165, 1.54) is 12.4 Å². The molecule has 2 aromatic heterocycles. The lowest BCUT2D eigenvalue weighted by atomic mass is 10.1. The Bertz CT molecular complexity index is 938. The van der Waals surface area contributed by atoms with Crippen molar-refractivity contribution < 1.29 is 4.79 Å². The van der Waals surface area contributed by atoms with Crippen LogP contribution in [0.25, 0.3) is 10.9 Å². The minimum atomic E-state index is -0.434. The number of amides is 1. The van der Waals surface area contributed by atoms with Gasteiger partial charge < -0.3 is 10.3 Å². The molecule has 0 fully saturated rings. The minimum Gasteiger partial charge on any atom is -0.359 e. The molecule has 1 aromatic carbocycles. The van der Waals surface area contributed by atoms with Crippen LogP contribution < -0.4 is 10.7 Å². The molecule has 0 bridgehead atoms. The van der Waals surface area contributed by atoms with Gasteiger partial charge in [-0.05, 0) is 39.7 Å². The zero-order valence-corrected chi connectivity index (χ0v) is 14.1. The Morgan fingerprint density at radius 2 is 2.04 bits per heavy atom. The van der Waals surface area contributed by atoms with Gasteiger partial charge in [0.2, 0.25) is 5.43 Å². The van der Waals surface area contributed by atoms with Crippen molar-refractivity contribution in [2.24, 2.45) is 0 Å². The fourth-order valence-corrected chi connectivity index (χ4v) is 2.60. The van der Waals surface area contributed by atoms with Gasteiger partial charge >= 0.3 is 0 Å². The number of rotatable bonds is 3. The molecule has 0 radical (unpaired) electrons. The van der Waals surface area contributed by atoms with Crippen LogP contribution in [0.1, 0.15) is 15.9 Å². The summed E-state index contributed by atoms with van der Waals surface area (Å²) < 4.78 is 0.536. The minimum absolute atomic E-state index is 0.0598. The molecule has 1 amide bonds. The number of carbonyl (C=O) groups is 1. The van der Waals surface area contributed by atoms with Gasteiger partial charge in [-0.1, -0.05) is 23.7 Å². The van der Waals surface area contributed by atoms with E-state index in [2.05, 4.69) is 31.2 Å². The summed E-state index contributed by atoms with van der Waals surface area (Å²) in [6, 6.07) is 8.71. The Morgan fingerprint density at radius 1 is 1.30 bits per heavy atom. The van der Waals surface area contributed by atoms with E-state index >= 15 is 0 Å². The highest BCUT2D eigenvalue weighted by molar-refractivity contribution is 9.10. The molecular weight excluding hydrogens is 382 g/mol. The molecular formula is C16H11BrClN3O2. The van der Waals surface area contributed by atoms with Gasteiger partial charge in [-0.15, -0.1) is 0 Å². The van der Waals surface area contributed by atoms with Gasteiger partial charge in [-0.25, -0.2) is 4.98 Å². The number of hydrogen-bond donors (Lipinski definition) is 2. The summed E-state index contributed by atoms with van der Waals surface area (Å²) in [7, 11) is 0. The van der Waals surface area contributed by atoms with Crippen LogP contribution >= 0.6 is 27.5 Å². The molecule has 0 unspecified atom stereocenters. The zero-order chi connectivity index (χ0) is 16.4. The summed E-state index contributed by atoms with van der Waals surface area (Å²) in [5.41, 5.74) is 1.19. The molecule has 0 aliphatic carbocycles. The molecule has 2 N–H and O–H groups in total. The zero-order valence-electron chi connectivity index (χ0n) is 11.8. The average molecular weight is 393 g/mol. The molecule has 0 saturated heterocycles. The third-order valence-electron chi connectivity index (χ3n) is 3.34. The Hall–Kier alpha value is -2.18. The number of carbonyl (C=O) groups excluding carboxylic acids is 1. The van der Waals surface area contributed by atoms with Gasteiger partial charge in [0.15, 0.2) is 0 Å². The van der Waals surface area contributed by atoms with Crippen molar-refractivity contribution in [3.05, 3.63) is 73.7 Å². The predicted molar refractivity (Wildman–Crippen MR) is 92.7 cm³/mol. The number of H-pyrrole nitrogens is 1. The van der Waals surface area contributed by atoms with E-state index in [9.17, 15) is 9.59 Å². The predicted octanol–water partition coefficient (Wildman–Crippen LogP) is 3.27. The molecule has 2 heterocycles. The fraction of sp³-hybridized carbons (Fsp3) is 0.0625. The van der Waals surface area contributed by atoms with Crippen molar-refractivity contribution in [2.75, 3.05) is 0 Å². The maximum atomic E-state index is 12.4. The van der Waals surface area contributed by atoms with Crippen LogP contribution in [0.4, 0.5) is 0 Å². The first-order valence-electron chi connectivity index (χ1n) is 6.74. The first-order chi connectivity index (χ1) is 11.0. The normalized spacial score (nSPS) is 10.7. The number of nitrogens with one attached hydrogen (secondary N) is 2. The molecule has 0 atom stereocenters. The van der Waals surface area contributed by atoms with Crippen molar-refractivity contribution in [1.82, 2.24) is 15.3 Å². The standard InChI is InChI=1S/C16H11BrClN3O2/c17-14-5-11-13(8-20-14)19-7-12(15(11)22)16(23)21-6-9-1-3-10(18)4-2-9/h1-5,7-8H,6H2,(H,19,22)(H,21,23). The Kier molecular flexibility index (Phi) is 4.45. The first kappa shape index (κ1) is 15.7. The maximum Gasteiger partial charge on any atom is 0.257 e. The first-order valence-corrected chi connectivity index (χ1v) is 7.91. The smallest absolute Gasteiger partial charge is 0.257 e. The van der Waals surface area contributed by atoms with Crippen molar-refractivity contribution in [3.8, 4) is 0 Å². The molecule has 116 valence electrons. The Morgan fingerprint density at radius 3 is 2.78 bits per heavy atom. The third-order valence-corrected chi connectivity index (χ3v) is 4.03. The fourth-order valence-electron chi connectivity index (χ4n) is 2.14. The van der Waals surface area contributed by atoms with E-state index in [0.717, 1.165) is 5.56 Å². The van der Waals surface area contributed by atoms with Crippen molar-refractivity contribution >= 4 is 44.3 Å². The van der Waals surface area contributed by atoms with Crippen LogP contribution in [0, 0.1) is 0 Å². The average Bonchev–Trinajstić information content (AvgIpc) is 2.55. The molecule has 23 heavy (non-hydrogen) atoms. The van der Waals surface area contributed by atoms with E-state index < -0.39 is 5.91 Å². The van der Waals surface area contributed by atoms with Crippen LogP contribution in [0.5, 0.6) is 0 Å². The monoisotopic (exact) mass is 391 g/mol. The summed E-state index contributed by atoms with van der Waals surface area (Å²) in [4.78, 5) is 31.6. The van der Waals surface area contributed by atoms with Gasteiger partial charge in [-0.2, -0.15) is 0 Å². The molecule has 0 aliphatic rings. The lowest BCUT2D eigenvalue weighted by Gasteiger charge is -2.06. The van der Waals surface area contributed by atoms with E-state index in [1.54, 1.807) is 18.2 Å². The topological polar surface area (TPSA) is 74.8 Å². The molecule has 3 rings (SSSR count). The Labute approximate surface area is 144 Å². The van der Waals surface area contributed by atoms with Crippen LogP contribution in [-0.4, -0.2) is 15.9 Å². The summed E-state index contributed by atoms with van der Waals surface area (Å²) >= 11 is 9.04. The number of pyridine rings is 2. The summed E-state index contributed by atoms with van der Waals surface area (Å²) in [5.74, 6) is -0.434. The van der Waals surface area contributed by atoms with E-state index in [1.807, 2.05) is 12.1 Å². The third kappa shape index (κ3) is 3.43. The van der Waals surface area contributed by atoms with Crippen LogP contribution in [-0.2, 0) is 6.54 Å². The van der Waals surface area contributed by atoms with Crippen LogP contribution in [0.2, 0.25) is 5.02 Å². The SMILES string of the molecule is O=C(NCc1ccc(Cl)cc1)c1c[nH]c2cnc(Br)cc2c1=O. The van der Waals surface area contributed by atoms with Crippen molar-refractivity contribution in [3.63, 3.8) is 0 Å². The molecule has 5 nitrogen and oxygen atoms in total. The summed E-state index contributed by atoms with van der Waals surface area (Å²) in [5, 5.41) is 3.76. The second-order valence-corrected chi connectivity index (χ2v) is 6.14. The van der Waals surface area contributed by atoms with E-state index in [0.29, 0.717) is 27.1 Å². The Balaban J connectivity index is 1.84. The number of fused-ring (bicyclic) bond motifs is 1. The highest BCUT2D eigenvalue weighted by atomic mass is 79.9. The number of nitrogens with zero attached hydrogens (tertiary/aromatic N) is 1. The summed E-state index contributed by atoms with van der Waals surface area (Å²) in [6.07, 6.45) is 2.94. The molecule has 7 heteroatoms. The van der Waals surface area contributed by atoms with Crippen LogP contribution in [0.15, 0.2) is 52.1 Å². The van der Waals surface area contributed by atoms with Gasteiger partial charge in [0.1, 0.15) is 10.2 Å². The van der Waals surface area contributed by atoms with Gasteiger partial charge in [0.25, 0.3) is 5.91 Å². The molecule has 0 aliphatic heterocycles. The molecule has 3 aromatic rings. The number of benzene rings is 1. The number of aromatic nitrogens is 2. The number of halogens is 2. The maximum absolute atomic E-state index is 12.4. The van der Waals surface area contributed by atoms with E-state index in [4.69, 9.17) is 11.6 Å². The molecule has 0 saturated carbocycles. The highest BCUT2D eigenvalue weighted by Gasteiger charge is 2.13. The van der Waals surface area contributed by atoms with Crippen molar-refractivity contribution in [1.29, 1.82) is 0 Å². The second-order valence-electron chi connectivity index (χ2n) is 4.89. The van der Waals surface area contributed by atoms with Gasteiger partial charge in [0, 0.05) is 17.8 Å². The molecule has 0 spiro atoms. The van der Waals surface area contributed by atoms with E-state index in [-0.39, 0.29) is 11.0 Å². The quantitative estimate of drug-likeness (QED) is 0.672. The van der Waals surface area contributed by atoms with Gasteiger partial charge in [-0.3, -0.25) is 9.59 Å².